The van der Waals surface area contributed by atoms with Crippen molar-refractivity contribution < 1.29 is 22.8 Å². The second-order valence-corrected chi connectivity index (χ2v) is 5.65. The molecule has 0 aromatic heterocycles. The summed E-state index contributed by atoms with van der Waals surface area (Å²) in [6, 6.07) is 7.25. The lowest BCUT2D eigenvalue weighted by atomic mass is 10.1. The molecule has 1 heterocycles. The topological polar surface area (TPSA) is 58.2 Å². The first-order chi connectivity index (χ1) is 11.2. The lowest BCUT2D eigenvalue weighted by molar-refractivity contribution is -0.137. The normalized spacial score (nSPS) is 13.4. The number of carbonyl (C=O) groups is 2. The summed E-state index contributed by atoms with van der Waals surface area (Å²) in [7, 11) is 0. The van der Waals surface area contributed by atoms with Crippen LogP contribution in [0.15, 0.2) is 36.4 Å². The molecule has 1 aliphatic rings. The molecule has 124 valence electrons. The maximum absolute atomic E-state index is 12.8. The fourth-order valence-corrected chi connectivity index (χ4v) is 2.53. The van der Waals surface area contributed by atoms with Gasteiger partial charge < -0.3 is 10.6 Å². The van der Waals surface area contributed by atoms with E-state index in [0.717, 1.165) is 18.2 Å². The van der Waals surface area contributed by atoms with Crippen molar-refractivity contribution in [3.05, 3.63) is 58.1 Å². The number of anilines is 2. The van der Waals surface area contributed by atoms with Crippen LogP contribution in [0.5, 0.6) is 0 Å². The zero-order valence-corrected chi connectivity index (χ0v) is 12.8. The SMILES string of the molecule is O=C1Cc2cc(C(=O)Nc3cc(C(F)(F)F)ccc3Cl)ccc2N1. The monoisotopic (exact) mass is 354 g/mol. The number of hydrogen-bond donors (Lipinski definition) is 2. The van der Waals surface area contributed by atoms with Crippen molar-refractivity contribution >= 4 is 34.8 Å². The Morgan fingerprint density at radius 3 is 2.62 bits per heavy atom. The van der Waals surface area contributed by atoms with Gasteiger partial charge in [-0.3, -0.25) is 9.59 Å². The molecule has 3 rings (SSSR count). The Morgan fingerprint density at radius 2 is 1.92 bits per heavy atom. The number of fused-ring (bicyclic) bond motifs is 1. The number of rotatable bonds is 2. The van der Waals surface area contributed by atoms with Crippen LogP contribution in [0.4, 0.5) is 24.5 Å². The lowest BCUT2D eigenvalue weighted by Crippen LogP contribution is -2.14. The molecule has 0 unspecified atom stereocenters. The van der Waals surface area contributed by atoms with Gasteiger partial charge in [0.05, 0.1) is 22.7 Å². The number of hydrogen-bond acceptors (Lipinski definition) is 2. The summed E-state index contributed by atoms with van der Waals surface area (Å²) in [5.74, 6) is -0.790. The Labute approximate surface area is 139 Å². The highest BCUT2D eigenvalue weighted by atomic mass is 35.5. The first kappa shape index (κ1) is 16.3. The highest BCUT2D eigenvalue weighted by Crippen LogP contribution is 2.34. The molecule has 2 amide bonds. The van der Waals surface area contributed by atoms with E-state index in [-0.39, 0.29) is 28.6 Å². The van der Waals surface area contributed by atoms with Gasteiger partial charge in [-0.15, -0.1) is 0 Å². The molecule has 0 spiro atoms. The molecule has 0 radical (unpaired) electrons. The predicted molar refractivity (Wildman–Crippen MR) is 83.2 cm³/mol. The second-order valence-electron chi connectivity index (χ2n) is 5.24. The zero-order valence-electron chi connectivity index (χ0n) is 12.0. The molecule has 0 saturated heterocycles. The number of alkyl halides is 3. The van der Waals surface area contributed by atoms with E-state index in [4.69, 9.17) is 11.6 Å². The number of carbonyl (C=O) groups excluding carboxylic acids is 2. The van der Waals surface area contributed by atoms with E-state index in [1.54, 1.807) is 6.07 Å². The molecule has 2 aromatic carbocycles. The lowest BCUT2D eigenvalue weighted by Gasteiger charge is -2.12. The van der Waals surface area contributed by atoms with Gasteiger partial charge in [0.15, 0.2) is 0 Å². The number of halogens is 4. The van der Waals surface area contributed by atoms with Gasteiger partial charge in [0.1, 0.15) is 0 Å². The fraction of sp³-hybridized carbons (Fsp3) is 0.125. The largest absolute Gasteiger partial charge is 0.416 e. The molecular formula is C16H10ClF3N2O2. The van der Waals surface area contributed by atoms with Crippen LogP contribution in [0.25, 0.3) is 0 Å². The molecule has 0 fully saturated rings. The van der Waals surface area contributed by atoms with Crippen molar-refractivity contribution in [3.63, 3.8) is 0 Å². The first-order valence-electron chi connectivity index (χ1n) is 6.85. The van der Waals surface area contributed by atoms with Gasteiger partial charge in [0.25, 0.3) is 5.91 Å². The third-order valence-electron chi connectivity index (χ3n) is 3.53. The van der Waals surface area contributed by atoms with Crippen LogP contribution in [-0.4, -0.2) is 11.8 Å². The quantitative estimate of drug-likeness (QED) is 0.852. The summed E-state index contributed by atoms with van der Waals surface area (Å²) in [6.07, 6.45) is -4.38. The maximum atomic E-state index is 12.8. The van der Waals surface area contributed by atoms with Crippen LogP contribution in [0, 0.1) is 0 Å². The molecule has 2 aromatic rings. The van der Waals surface area contributed by atoms with E-state index in [9.17, 15) is 22.8 Å². The maximum Gasteiger partial charge on any atom is 0.416 e. The van der Waals surface area contributed by atoms with Gasteiger partial charge in [-0.05, 0) is 42.0 Å². The Hall–Kier alpha value is -2.54. The average Bonchev–Trinajstić information content (AvgIpc) is 2.87. The van der Waals surface area contributed by atoms with Crippen LogP contribution in [-0.2, 0) is 17.4 Å². The van der Waals surface area contributed by atoms with Crippen LogP contribution >= 0.6 is 11.6 Å². The fourth-order valence-electron chi connectivity index (χ4n) is 2.36. The predicted octanol–water partition coefficient (Wildman–Crippen LogP) is 4.11. The molecule has 24 heavy (non-hydrogen) atoms. The standard InChI is InChI=1S/C16H10ClF3N2O2/c17-11-3-2-10(16(18,19)20)7-13(11)22-15(24)8-1-4-12-9(5-8)6-14(23)21-12/h1-5,7H,6H2,(H,21,23)(H,22,24). The number of benzene rings is 2. The summed E-state index contributed by atoms with van der Waals surface area (Å²) in [5.41, 5.74) is 0.451. The van der Waals surface area contributed by atoms with Crippen LogP contribution < -0.4 is 10.6 Å². The Morgan fingerprint density at radius 1 is 1.17 bits per heavy atom. The van der Waals surface area contributed by atoms with Crippen LogP contribution in [0.2, 0.25) is 5.02 Å². The van der Waals surface area contributed by atoms with E-state index >= 15 is 0 Å². The van der Waals surface area contributed by atoms with Crippen LogP contribution in [0.1, 0.15) is 21.5 Å². The molecule has 0 aliphatic carbocycles. The molecule has 0 saturated carbocycles. The van der Waals surface area contributed by atoms with E-state index < -0.39 is 17.6 Å². The Balaban J connectivity index is 1.85. The van der Waals surface area contributed by atoms with Crippen molar-refractivity contribution in [1.29, 1.82) is 0 Å². The Bertz CT molecular complexity index is 850. The minimum Gasteiger partial charge on any atom is -0.326 e. The van der Waals surface area contributed by atoms with E-state index in [1.165, 1.54) is 12.1 Å². The van der Waals surface area contributed by atoms with Crippen molar-refractivity contribution in [3.8, 4) is 0 Å². The molecular weight excluding hydrogens is 345 g/mol. The molecule has 0 bridgehead atoms. The molecule has 2 N–H and O–H groups in total. The van der Waals surface area contributed by atoms with Gasteiger partial charge in [0, 0.05) is 11.3 Å². The third kappa shape index (κ3) is 3.21. The Kier molecular flexibility index (Phi) is 3.96. The van der Waals surface area contributed by atoms with E-state index in [1.807, 2.05) is 0 Å². The van der Waals surface area contributed by atoms with Crippen molar-refractivity contribution in [2.75, 3.05) is 10.6 Å². The summed E-state index contributed by atoms with van der Waals surface area (Å²) < 4.78 is 38.3. The van der Waals surface area contributed by atoms with Gasteiger partial charge in [0.2, 0.25) is 5.91 Å². The van der Waals surface area contributed by atoms with E-state index in [0.29, 0.717) is 11.3 Å². The minimum atomic E-state index is -4.54. The summed E-state index contributed by atoms with van der Waals surface area (Å²) in [6.45, 7) is 0. The van der Waals surface area contributed by atoms with Gasteiger partial charge in [-0.25, -0.2) is 0 Å². The summed E-state index contributed by atoms with van der Waals surface area (Å²) >= 11 is 5.85. The van der Waals surface area contributed by atoms with Crippen molar-refractivity contribution in [2.45, 2.75) is 12.6 Å². The highest BCUT2D eigenvalue weighted by Gasteiger charge is 2.31. The highest BCUT2D eigenvalue weighted by molar-refractivity contribution is 6.34. The molecule has 4 nitrogen and oxygen atoms in total. The molecule has 0 atom stereocenters. The summed E-state index contributed by atoms with van der Waals surface area (Å²) in [4.78, 5) is 23.6. The minimum absolute atomic E-state index is 0.00523. The second kappa shape index (κ2) is 5.83. The summed E-state index contributed by atoms with van der Waals surface area (Å²) in [5, 5.41) is 4.99. The smallest absolute Gasteiger partial charge is 0.326 e. The zero-order chi connectivity index (χ0) is 17.5. The van der Waals surface area contributed by atoms with Gasteiger partial charge in [-0.1, -0.05) is 11.6 Å². The third-order valence-corrected chi connectivity index (χ3v) is 3.86. The first-order valence-corrected chi connectivity index (χ1v) is 7.23. The van der Waals surface area contributed by atoms with Crippen molar-refractivity contribution in [1.82, 2.24) is 0 Å². The van der Waals surface area contributed by atoms with Crippen LogP contribution in [0.3, 0.4) is 0 Å². The molecule has 8 heteroatoms. The number of nitrogens with one attached hydrogen (secondary N) is 2. The molecule has 1 aliphatic heterocycles. The van der Waals surface area contributed by atoms with E-state index in [2.05, 4.69) is 10.6 Å². The van der Waals surface area contributed by atoms with Crippen molar-refractivity contribution in [2.24, 2.45) is 0 Å². The van der Waals surface area contributed by atoms with Gasteiger partial charge >= 0.3 is 6.18 Å². The average molecular weight is 355 g/mol. The van der Waals surface area contributed by atoms with Gasteiger partial charge in [-0.2, -0.15) is 13.2 Å². The number of amides is 2.